The SMILES string of the molecule is O=c1oc2cc([N+](=O)[O-])ccc2c2oc3ccc(O)cc3c12. The van der Waals surface area contributed by atoms with Crippen LogP contribution in [0.25, 0.3) is 32.9 Å². The number of hydrogen-bond acceptors (Lipinski definition) is 6. The second-order valence-electron chi connectivity index (χ2n) is 4.81. The summed E-state index contributed by atoms with van der Waals surface area (Å²) in [5.74, 6) is -0.00148. The molecule has 2 aromatic carbocycles. The van der Waals surface area contributed by atoms with Gasteiger partial charge in [-0.2, -0.15) is 0 Å². The second-order valence-corrected chi connectivity index (χ2v) is 4.81. The van der Waals surface area contributed by atoms with E-state index in [9.17, 15) is 20.0 Å². The number of nitrogens with zero attached hydrogens (tertiary/aromatic N) is 1. The summed E-state index contributed by atoms with van der Waals surface area (Å²) < 4.78 is 10.8. The van der Waals surface area contributed by atoms with Gasteiger partial charge in [0, 0.05) is 11.5 Å². The molecule has 0 spiro atoms. The van der Waals surface area contributed by atoms with Gasteiger partial charge in [-0.1, -0.05) is 0 Å². The van der Waals surface area contributed by atoms with Crippen molar-refractivity contribution >= 4 is 38.6 Å². The number of phenolic OH excluding ortho intramolecular Hbond substituents is 1. The van der Waals surface area contributed by atoms with Crippen LogP contribution in [0.5, 0.6) is 5.75 Å². The van der Waals surface area contributed by atoms with Gasteiger partial charge in [0.2, 0.25) is 0 Å². The molecular weight excluding hydrogens is 290 g/mol. The molecule has 0 amide bonds. The Morgan fingerprint density at radius 1 is 1.00 bits per heavy atom. The minimum absolute atomic E-state index is 0.00148. The minimum atomic E-state index is -0.674. The number of hydrogen-bond donors (Lipinski definition) is 1. The molecule has 0 fully saturated rings. The third-order valence-electron chi connectivity index (χ3n) is 3.50. The van der Waals surface area contributed by atoms with Gasteiger partial charge in [0.1, 0.15) is 22.3 Å². The van der Waals surface area contributed by atoms with Crippen LogP contribution < -0.4 is 5.63 Å². The molecule has 0 aliphatic rings. The van der Waals surface area contributed by atoms with Gasteiger partial charge >= 0.3 is 5.63 Å². The van der Waals surface area contributed by atoms with E-state index in [2.05, 4.69) is 0 Å². The average molecular weight is 297 g/mol. The molecular formula is C15H7NO6. The number of nitro benzene ring substituents is 1. The lowest BCUT2D eigenvalue weighted by Gasteiger charge is -1.97. The predicted octanol–water partition coefficient (Wildman–Crippen LogP) is 3.31. The molecule has 4 rings (SSSR count). The van der Waals surface area contributed by atoms with Crippen LogP contribution in [-0.2, 0) is 0 Å². The lowest BCUT2D eigenvalue weighted by Crippen LogP contribution is -1.98. The maximum atomic E-state index is 12.2. The zero-order valence-electron chi connectivity index (χ0n) is 10.9. The highest BCUT2D eigenvalue weighted by atomic mass is 16.6. The van der Waals surface area contributed by atoms with Gasteiger partial charge in [0.15, 0.2) is 5.58 Å². The first-order valence-electron chi connectivity index (χ1n) is 6.31. The summed E-state index contributed by atoms with van der Waals surface area (Å²) in [5.41, 5.74) is -0.0706. The summed E-state index contributed by atoms with van der Waals surface area (Å²) in [7, 11) is 0. The average Bonchev–Trinajstić information content (AvgIpc) is 2.86. The van der Waals surface area contributed by atoms with E-state index >= 15 is 0 Å². The van der Waals surface area contributed by atoms with Crippen molar-refractivity contribution in [1.82, 2.24) is 0 Å². The summed E-state index contributed by atoms with van der Waals surface area (Å²) in [5, 5.41) is 21.5. The zero-order chi connectivity index (χ0) is 15.4. The van der Waals surface area contributed by atoms with E-state index in [1.54, 1.807) is 6.07 Å². The molecule has 0 bridgehead atoms. The van der Waals surface area contributed by atoms with Gasteiger partial charge in [-0.05, 0) is 24.3 Å². The highest BCUT2D eigenvalue weighted by Gasteiger charge is 2.18. The largest absolute Gasteiger partial charge is 0.508 e. The standard InChI is InChI=1S/C15H7NO6/c17-8-2-4-11-10(6-8)13-14(21-11)9-3-1-7(16(19)20)5-12(9)22-15(13)18/h1-6,17H. The number of aromatic hydroxyl groups is 1. The van der Waals surface area contributed by atoms with E-state index in [0.717, 1.165) is 0 Å². The summed E-state index contributed by atoms with van der Waals surface area (Å²) >= 11 is 0. The van der Waals surface area contributed by atoms with Gasteiger partial charge < -0.3 is 13.9 Å². The molecule has 1 N–H and O–H groups in total. The fourth-order valence-electron chi connectivity index (χ4n) is 2.53. The molecule has 0 radical (unpaired) electrons. The van der Waals surface area contributed by atoms with Crippen molar-refractivity contribution in [2.75, 3.05) is 0 Å². The van der Waals surface area contributed by atoms with Crippen LogP contribution >= 0.6 is 0 Å². The van der Waals surface area contributed by atoms with Gasteiger partial charge in [-0.25, -0.2) is 4.79 Å². The molecule has 4 aromatic rings. The first-order chi connectivity index (χ1) is 10.5. The fourth-order valence-corrected chi connectivity index (χ4v) is 2.53. The minimum Gasteiger partial charge on any atom is -0.508 e. The maximum absolute atomic E-state index is 12.2. The Balaban J connectivity index is 2.22. The first-order valence-corrected chi connectivity index (χ1v) is 6.31. The Kier molecular flexibility index (Phi) is 2.30. The van der Waals surface area contributed by atoms with Crippen molar-refractivity contribution in [3.05, 3.63) is 56.9 Å². The Hall–Kier alpha value is -3.35. The molecule has 2 heterocycles. The zero-order valence-corrected chi connectivity index (χ0v) is 10.9. The quantitative estimate of drug-likeness (QED) is 0.328. The van der Waals surface area contributed by atoms with E-state index in [0.29, 0.717) is 16.4 Å². The van der Waals surface area contributed by atoms with Crippen molar-refractivity contribution in [1.29, 1.82) is 0 Å². The molecule has 7 nitrogen and oxygen atoms in total. The Bertz CT molecular complexity index is 1140. The van der Waals surface area contributed by atoms with Crippen LogP contribution in [0.15, 0.2) is 50.0 Å². The van der Waals surface area contributed by atoms with Crippen molar-refractivity contribution < 1.29 is 18.9 Å². The van der Waals surface area contributed by atoms with Crippen molar-refractivity contribution in [3.8, 4) is 5.75 Å². The Labute approximate surface area is 121 Å². The molecule has 108 valence electrons. The molecule has 0 aliphatic heterocycles. The Morgan fingerprint density at radius 3 is 2.59 bits per heavy atom. The van der Waals surface area contributed by atoms with Crippen molar-refractivity contribution in [2.45, 2.75) is 0 Å². The number of furan rings is 1. The van der Waals surface area contributed by atoms with Crippen molar-refractivity contribution in [2.24, 2.45) is 0 Å². The normalized spacial score (nSPS) is 11.5. The third kappa shape index (κ3) is 1.59. The molecule has 2 aromatic heterocycles. The van der Waals surface area contributed by atoms with E-state index < -0.39 is 10.5 Å². The number of non-ortho nitro benzene ring substituents is 1. The molecule has 0 saturated carbocycles. The molecule has 0 saturated heterocycles. The molecule has 0 aliphatic carbocycles. The Morgan fingerprint density at radius 2 is 1.82 bits per heavy atom. The van der Waals surface area contributed by atoms with E-state index in [4.69, 9.17) is 8.83 Å². The van der Waals surface area contributed by atoms with Crippen LogP contribution in [0.3, 0.4) is 0 Å². The van der Waals surface area contributed by atoms with Crippen molar-refractivity contribution in [3.63, 3.8) is 0 Å². The third-order valence-corrected chi connectivity index (χ3v) is 3.50. The van der Waals surface area contributed by atoms with Gasteiger partial charge in [-0.3, -0.25) is 10.1 Å². The van der Waals surface area contributed by atoms with E-state index in [-0.39, 0.29) is 28.0 Å². The van der Waals surface area contributed by atoms with Crippen LogP contribution in [0, 0.1) is 10.1 Å². The summed E-state index contributed by atoms with van der Waals surface area (Å²) in [4.78, 5) is 22.4. The number of rotatable bonds is 1. The van der Waals surface area contributed by atoms with E-state index in [1.165, 1.54) is 30.3 Å². The second kappa shape index (κ2) is 4.08. The number of fused-ring (bicyclic) bond motifs is 5. The molecule has 7 heteroatoms. The maximum Gasteiger partial charge on any atom is 0.348 e. The van der Waals surface area contributed by atoms with Gasteiger partial charge in [0.25, 0.3) is 5.69 Å². The predicted molar refractivity (Wildman–Crippen MR) is 78.1 cm³/mol. The van der Waals surface area contributed by atoms with E-state index in [1.807, 2.05) is 0 Å². The highest BCUT2D eigenvalue weighted by molar-refractivity contribution is 6.13. The first kappa shape index (κ1) is 12.4. The smallest absolute Gasteiger partial charge is 0.348 e. The fraction of sp³-hybridized carbons (Fsp3) is 0. The lowest BCUT2D eigenvalue weighted by atomic mass is 10.1. The molecule has 0 atom stereocenters. The van der Waals surface area contributed by atoms with Crippen LogP contribution in [0.4, 0.5) is 5.69 Å². The molecule has 0 unspecified atom stereocenters. The number of benzene rings is 2. The number of phenols is 1. The van der Waals surface area contributed by atoms with Gasteiger partial charge in [0.05, 0.1) is 16.4 Å². The molecule has 22 heavy (non-hydrogen) atoms. The summed E-state index contributed by atoms with van der Waals surface area (Å²) in [6.07, 6.45) is 0. The monoisotopic (exact) mass is 297 g/mol. The summed E-state index contributed by atoms with van der Waals surface area (Å²) in [6.45, 7) is 0. The summed E-state index contributed by atoms with van der Waals surface area (Å²) in [6, 6.07) is 8.37. The van der Waals surface area contributed by atoms with Crippen LogP contribution in [-0.4, -0.2) is 10.0 Å². The van der Waals surface area contributed by atoms with Crippen LogP contribution in [0.2, 0.25) is 0 Å². The van der Waals surface area contributed by atoms with Crippen LogP contribution in [0.1, 0.15) is 0 Å². The van der Waals surface area contributed by atoms with Gasteiger partial charge in [-0.15, -0.1) is 0 Å². The highest BCUT2D eigenvalue weighted by Crippen LogP contribution is 2.34. The lowest BCUT2D eigenvalue weighted by molar-refractivity contribution is -0.384. The number of nitro groups is 1. The topological polar surface area (TPSA) is 107 Å².